The molecule has 0 aromatic heterocycles. The lowest BCUT2D eigenvalue weighted by Gasteiger charge is -2.06. The summed E-state index contributed by atoms with van der Waals surface area (Å²) in [6.07, 6.45) is 1.62. The number of anilines is 1. The molecule has 0 aliphatic heterocycles. The van der Waals surface area contributed by atoms with Gasteiger partial charge in [0.2, 0.25) is 0 Å². The molecule has 3 rings (SSSR count). The van der Waals surface area contributed by atoms with Crippen LogP contribution in [0, 0.1) is 0 Å². The topological polar surface area (TPSA) is 53.5 Å². The Morgan fingerprint density at radius 2 is 1.75 bits per heavy atom. The van der Waals surface area contributed by atoms with Gasteiger partial charge >= 0.3 is 0 Å². The first-order valence-corrected chi connectivity index (χ1v) is 7.89. The van der Waals surface area contributed by atoms with E-state index in [0.717, 1.165) is 10.9 Å². The van der Waals surface area contributed by atoms with Gasteiger partial charge in [0.05, 0.1) is 23.5 Å². The molecule has 0 unspecified atom stereocenters. The smallest absolute Gasteiger partial charge is 0.259 e. The van der Waals surface area contributed by atoms with Gasteiger partial charge in [0.1, 0.15) is 0 Å². The van der Waals surface area contributed by atoms with Crippen LogP contribution >= 0.6 is 11.6 Å². The van der Waals surface area contributed by atoms with Crippen molar-refractivity contribution in [1.29, 1.82) is 0 Å². The van der Waals surface area contributed by atoms with E-state index in [1.165, 1.54) is 5.39 Å². The van der Waals surface area contributed by atoms with Crippen molar-refractivity contribution in [2.75, 3.05) is 11.9 Å². The molecule has 0 heterocycles. The fourth-order valence-electron chi connectivity index (χ4n) is 2.29. The minimum Gasteiger partial charge on any atom is -0.375 e. The molecule has 0 fully saturated rings. The van der Waals surface area contributed by atoms with Gasteiger partial charge in [0, 0.05) is 0 Å². The van der Waals surface area contributed by atoms with Crippen LogP contribution in [-0.2, 0) is 4.79 Å². The Balaban J connectivity index is 1.55. The Hall–Kier alpha value is -2.85. The third-order valence-electron chi connectivity index (χ3n) is 3.49. The molecule has 0 aliphatic rings. The standard InChI is InChI=1S/C19H16ClN3O/c20-17-7-3-4-8-18(17)21-13-19(24)23-22-12-14-9-10-15-5-1-2-6-16(15)11-14/h1-12,21H,13H2,(H,23,24)/b22-12+. The van der Waals surface area contributed by atoms with E-state index in [0.29, 0.717) is 10.7 Å². The van der Waals surface area contributed by atoms with Crippen LogP contribution in [0.5, 0.6) is 0 Å². The highest BCUT2D eigenvalue weighted by Gasteiger charge is 2.02. The van der Waals surface area contributed by atoms with Gasteiger partial charge < -0.3 is 5.32 Å². The van der Waals surface area contributed by atoms with Crippen LogP contribution < -0.4 is 10.7 Å². The summed E-state index contributed by atoms with van der Waals surface area (Å²) in [4.78, 5) is 11.8. The lowest BCUT2D eigenvalue weighted by molar-refractivity contribution is -0.119. The van der Waals surface area contributed by atoms with Crippen LogP contribution in [0.4, 0.5) is 5.69 Å². The molecule has 0 spiro atoms. The molecule has 24 heavy (non-hydrogen) atoms. The predicted molar refractivity (Wildman–Crippen MR) is 99.6 cm³/mol. The number of carbonyl (C=O) groups is 1. The fraction of sp³-hybridized carbons (Fsp3) is 0.0526. The maximum Gasteiger partial charge on any atom is 0.259 e. The van der Waals surface area contributed by atoms with Gasteiger partial charge in [-0.15, -0.1) is 0 Å². The van der Waals surface area contributed by atoms with Crippen molar-refractivity contribution >= 4 is 40.2 Å². The van der Waals surface area contributed by atoms with Gasteiger partial charge in [-0.3, -0.25) is 4.79 Å². The molecule has 3 aromatic rings. The van der Waals surface area contributed by atoms with E-state index >= 15 is 0 Å². The van der Waals surface area contributed by atoms with Gasteiger partial charge in [0.25, 0.3) is 5.91 Å². The number of nitrogens with zero attached hydrogens (tertiary/aromatic N) is 1. The van der Waals surface area contributed by atoms with E-state index in [4.69, 9.17) is 11.6 Å². The second-order valence-corrected chi connectivity index (χ2v) is 5.64. The van der Waals surface area contributed by atoms with E-state index in [2.05, 4.69) is 21.9 Å². The summed E-state index contributed by atoms with van der Waals surface area (Å²) in [5.74, 6) is -0.244. The molecule has 0 aliphatic carbocycles. The number of amides is 1. The summed E-state index contributed by atoms with van der Waals surface area (Å²) >= 11 is 6.02. The lowest BCUT2D eigenvalue weighted by atomic mass is 10.1. The largest absolute Gasteiger partial charge is 0.375 e. The highest BCUT2D eigenvalue weighted by molar-refractivity contribution is 6.33. The maximum atomic E-state index is 11.8. The molecule has 0 atom stereocenters. The SMILES string of the molecule is O=C(CNc1ccccc1Cl)N/N=C/c1ccc2ccccc2c1. The number of carbonyl (C=O) groups excluding carboxylic acids is 1. The Kier molecular flexibility index (Phi) is 5.08. The van der Waals surface area contributed by atoms with Crippen LogP contribution in [0.3, 0.4) is 0 Å². The molecule has 5 heteroatoms. The van der Waals surface area contributed by atoms with E-state index in [9.17, 15) is 4.79 Å². The van der Waals surface area contributed by atoms with Crippen molar-refractivity contribution in [1.82, 2.24) is 5.43 Å². The summed E-state index contributed by atoms with van der Waals surface area (Å²) < 4.78 is 0. The van der Waals surface area contributed by atoms with Crippen molar-refractivity contribution in [2.45, 2.75) is 0 Å². The normalized spacial score (nSPS) is 10.9. The Morgan fingerprint density at radius 3 is 2.58 bits per heavy atom. The molecule has 3 aromatic carbocycles. The third-order valence-corrected chi connectivity index (χ3v) is 3.82. The van der Waals surface area contributed by atoms with Crippen molar-refractivity contribution in [2.24, 2.45) is 5.10 Å². The predicted octanol–water partition coefficient (Wildman–Crippen LogP) is 4.06. The van der Waals surface area contributed by atoms with Crippen molar-refractivity contribution in [3.63, 3.8) is 0 Å². The monoisotopic (exact) mass is 337 g/mol. The van der Waals surface area contributed by atoms with Gasteiger partial charge in [-0.05, 0) is 34.5 Å². The van der Waals surface area contributed by atoms with Gasteiger partial charge in [-0.1, -0.05) is 60.1 Å². The van der Waals surface area contributed by atoms with E-state index < -0.39 is 0 Å². The number of benzene rings is 3. The first-order valence-electron chi connectivity index (χ1n) is 7.51. The highest BCUT2D eigenvalue weighted by Crippen LogP contribution is 2.19. The summed E-state index contributed by atoms with van der Waals surface area (Å²) in [7, 11) is 0. The zero-order valence-corrected chi connectivity index (χ0v) is 13.6. The first-order chi connectivity index (χ1) is 11.7. The minimum atomic E-state index is -0.244. The molecule has 120 valence electrons. The molecule has 0 saturated heterocycles. The number of hydrogen-bond donors (Lipinski definition) is 2. The zero-order valence-electron chi connectivity index (χ0n) is 12.9. The molecule has 0 saturated carbocycles. The molecule has 4 nitrogen and oxygen atoms in total. The lowest BCUT2D eigenvalue weighted by Crippen LogP contribution is -2.25. The van der Waals surface area contributed by atoms with Gasteiger partial charge in [-0.2, -0.15) is 5.10 Å². The second-order valence-electron chi connectivity index (χ2n) is 5.23. The summed E-state index contributed by atoms with van der Waals surface area (Å²) in [6, 6.07) is 21.4. The third kappa shape index (κ3) is 4.12. The van der Waals surface area contributed by atoms with Crippen molar-refractivity contribution < 1.29 is 4.79 Å². The van der Waals surface area contributed by atoms with E-state index in [-0.39, 0.29) is 12.5 Å². The number of hydrogen-bond acceptors (Lipinski definition) is 3. The Labute approximate surface area is 145 Å². The number of fused-ring (bicyclic) bond motifs is 1. The summed E-state index contributed by atoms with van der Waals surface area (Å²) in [5, 5.41) is 9.83. The van der Waals surface area contributed by atoms with Crippen molar-refractivity contribution in [3.05, 3.63) is 77.3 Å². The summed E-state index contributed by atoms with van der Waals surface area (Å²) in [6.45, 7) is 0.0960. The quantitative estimate of drug-likeness (QED) is 0.545. The maximum absolute atomic E-state index is 11.8. The highest BCUT2D eigenvalue weighted by atomic mass is 35.5. The molecular formula is C19H16ClN3O. The summed E-state index contributed by atoms with van der Waals surface area (Å²) in [5.41, 5.74) is 4.13. The molecule has 0 radical (unpaired) electrons. The number of hydrazone groups is 1. The fourth-order valence-corrected chi connectivity index (χ4v) is 2.49. The van der Waals surface area contributed by atoms with Crippen LogP contribution in [0.15, 0.2) is 71.8 Å². The van der Waals surface area contributed by atoms with Crippen molar-refractivity contribution in [3.8, 4) is 0 Å². The average molecular weight is 338 g/mol. The van der Waals surface area contributed by atoms with Crippen LogP contribution in [0.2, 0.25) is 5.02 Å². The van der Waals surface area contributed by atoms with Crippen LogP contribution in [0.1, 0.15) is 5.56 Å². The first kappa shape index (κ1) is 16.0. The zero-order chi connectivity index (χ0) is 16.8. The van der Waals surface area contributed by atoms with Crippen LogP contribution in [0.25, 0.3) is 10.8 Å². The molecule has 2 N–H and O–H groups in total. The number of nitrogens with one attached hydrogen (secondary N) is 2. The molecular weight excluding hydrogens is 322 g/mol. The number of rotatable bonds is 5. The molecule has 0 bridgehead atoms. The van der Waals surface area contributed by atoms with Gasteiger partial charge in [-0.25, -0.2) is 5.43 Å². The molecule has 1 amide bonds. The average Bonchev–Trinajstić information content (AvgIpc) is 2.61. The minimum absolute atomic E-state index is 0.0960. The second kappa shape index (κ2) is 7.62. The number of para-hydroxylation sites is 1. The van der Waals surface area contributed by atoms with Crippen LogP contribution in [-0.4, -0.2) is 18.7 Å². The van der Waals surface area contributed by atoms with E-state index in [1.54, 1.807) is 12.3 Å². The number of halogens is 1. The Bertz CT molecular complexity index is 892. The van der Waals surface area contributed by atoms with Gasteiger partial charge in [0.15, 0.2) is 0 Å². The van der Waals surface area contributed by atoms with E-state index in [1.807, 2.05) is 54.6 Å². The Morgan fingerprint density at radius 1 is 1.00 bits per heavy atom.